The fraction of sp³-hybridized carbons (Fsp3) is 0.310. The number of H-pyrrole nitrogens is 1. The summed E-state index contributed by atoms with van der Waals surface area (Å²) < 4.78 is 19.8. The van der Waals surface area contributed by atoms with E-state index in [0.717, 1.165) is 22.8 Å². The average Bonchev–Trinajstić information content (AvgIpc) is 3.35. The second-order valence-electron chi connectivity index (χ2n) is 10.2. The molecule has 2 aliphatic heterocycles. The third-order valence-electron chi connectivity index (χ3n) is 7.37. The summed E-state index contributed by atoms with van der Waals surface area (Å²) in [5.41, 5.74) is 11.7. The number of imidazole rings is 1. The van der Waals surface area contributed by atoms with Gasteiger partial charge >= 0.3 is 0 Å². The number of halogens is 1. The number of carbonyl (C=O) groups is 1. The molecule has 2 aliphatic rings. The average molecular weight is 572 g/mol. The predicted octanol–water partition coefficient (Wildman–Crippen LogP) is 2.76. The number of nitrogens with one attached hydrogen (secondary N) is 2. The molecule has 1 unspecified atom stereocenters. The first-order chi connectivity index (χ1) is 20.3. The zero-order valence-corrected chi connectivity index (χ0v) is 23.4. The van der Waals surface area contributed by atoms with Crippen LogP contribution in [0.3, 0.4) is 0 Å². The van der Waals surface area contributed by atoms with E-state index >= 15 is 0 Å². The highest BCUT2D eigenvalue weighted by Crippen LogP contribution is 2.34. The van der Waals surface area contributed by atoms with Crippen molar-refractivity contribution in [2.24, 2.45) is 5.16 Å². The lowest BCUT2D eigenvalue weighted by atomic mass is 9.90. The van der Waals surface area contributed by atoms with Crippen LogP contribution < -0.4 is 15.8 Å². The normalized spacial score (nSPS) is 16.9. The highest BCUT2D eigenvalue weighted by atomic mass is 19.1. The molecule has 4 aromatic rings. The number of rotatable bonds is 6. The van der Waals surface area contributed by atoms with E-state index in [-0.39, 0.29) is 18.5 Å². The van der Waals surface area contributed by atoms with E-state index in [9.17, 15) is 9.18 Å². The number of nitrogens with two attached hydrogens (primary N) is 1. The molecule has 0 bridgehead atoms. The van der Waals surface area contributed by atoms with Crippen LogP contribution >= 0.6 is 0 Å². The van der Waals surface area contributed by atoms with E-state index in [1.807, 2.05) is 6.92 Å². The summed E-state index contributed by atoms with van der Waals surface area (Å²) in [7, 11) is 1.53. The van der Waals surface area contributed by atoms with Crippen LogP contribution in [-0.2, 0) is 29.0 Å². The van der Waals surface area contributed by atoms with Gasteiger partial charge in [0.2, 0.25) is 11.8 Å². The Balaban J connectivity index is 1.28. The summed E-state index contributed by atoms with van der Waals surface area (Å²) in [6.45, 7) is 4.44. The number of amides is 1. The Morgan fingerprint density at radius 3 is 2.86 bits per heavy atom. The monoisotopic (exact) mass is 571 g/mol. The number of hydrogen-bond acceptors (Lipinski definition) is 9. The van der Waals surface area contributed by atoms with E-state index in [0.29, 0.717) is 65.9 Å². The first kappa shape index (κ1) is 27.1. The van der Waals surface area contributed by atoms with Crippen LogP contribution in [0.15, 0.2) is 41.6 Å². The Morgan fingerprint density at radius 2 is 2.02 bits per heavy atom. The number of methoxy groups -OCH3 is 1. The minimum Gasteiger partial charge on any atom is -0.481 e. The molecular formula is C29H30FN9O3. The van der Waals surface area contributed by atoms with E-state index in [1.54, 1.807) is 36.1 Å². The molecule has 0 aliphatic carbocycles. The maximum atomic E-state index is 14.5. The molecule has 6 rings (SSSR count). The SMILES string of the molecule is COc1cccc(-c2cc(F)ccc2C2Cc3nc(N)nc(C)c3/C(=N/OCC(=O)N3CCc4nc(C)[nH]c4C3)N2)n1. The first-order valence-corrected chi connectivity index (χ1v) is 13.5. The Kier molecular flexibility index (Phi) is 7.15. The fourth-order valence-corrected chi connectivity index (χ4v) is 5.48. The highest BCUT2D eigenvalue weighted by Gasteiger charge is 2.31. The zero-order chi connectivity index (χ0) is 29.4. The maximum Gasteiger partial charge on any atom is 0.263 e. The number of ether oxygens (including phenoxy) is 1. The van der Waals surface area contributed by atoms with Gasteiger partial charge in [-0.3, -0.25) is 4.79 Å². The van der Waals surface area contributed by atoms with Crippen LogP contribution in [0.4, 0.5) is 10.3 Å². The first-order valence-electron chi connectivity index (χ1n) is 13.5. The van der Waals surface area contributed by atoms with Crippen LogP contribution in [0.1, 0.15) is 45.8 Å². The van der Waals surface area contributed by atoms with Crippen molar-refractivity contribution in [3.63, 3.8) is 0 Å². The van der Waals surface area contributed by atoms with Crippen molar-refractivity contribution >= 4 is 17.7 Å². The van der Waals surface area contributed by atoms with Gasteiger partial charge in [0.1, 0.15) is 11.6 Å². The molecule has 0 fully saturated rings. The largest absolute Gasteiger partial charge is 0.481 e. The third-order valence-corrected chi connectivity index (χ3v) is 7.37. The Labute approximate surface area is 241 Å². The summed E-state index contributed by atoms with van der Waals surface area (Å²) in [5.74, 6) is 1.13. The number of nitrogens with zero attached hydrogens (tertiary/aromatic N) is 6. The van der Waals surface area contributed by atoms with Gasteiger partial charge in [-0.05, 0) is 37.6 Å². The molecule has 0 saturated heterocycles. The van der Waals surface area contributed by atoms with E-state index < -0.39 is 11.9 Å². The van der Waals surface area contributed by atoms with Crippen LogP contribution in [-0.4, -0.2) is 61.8 Å². The molecule has 42 heavy (non-hydrogen) atoms. The van der Waals surface area contributed by atoms with Gasteiger partial charge in [-0.25, -0.2) is 24.3 Å². The van der Waals surface area contributed by atoms with Gasteiger partial charge in [0.25, 0.3) is 5.91 Å². The highest BCUT2D eigenvalue weighted by molar-refractivity contribution is 6.01. The van der Waals surface area contributed by atoms with Crippen LogP contribution in [0, 0.1) is 19.7 Å². The topological polar surface area (TPSA) is 157 Å². The lowest BCUT2D eigenvalue weighted by Gasteiger charge is -2.30. The number of aryl methyl sites for hydroxylation is 2. The smallest absolute Gasteiger partial charge is 0.263 e. The van der Waals surface area contributed by atoms with Crippen molar-refractivity contribution < 1.29 is 18.8 Å². The molecule has 0 spiro atoms. The summed E-state index contributed by atoms with van der Waals surface area (Å²) in [6.07, 6.45) is 1.10. The maximum absolute atomic E-state index is 14.5. The number of pyridine rings is 1. The van der Waals surface area contributed by atoms with Crippen molar-refractivity contribution in [1.29, 1.82) is 0 Å². The van der Waals surface area contributed by atoms with Crippen molar-refractivity contribution in [2.45, 2.75) is 39.3 Å². The van der Waals surface area contributed by atoms with E-state index in [1.165, 1.54) is 19.2 Å². The molecule has 1 amide bonds. The minimum atomic E-state index is -0.400. The molecule has 5 heterocycles. The molecule has 4 N–H and O–H groups in total. The zero-order valence-electron chi connectivity index (χ0n) is 23.4. The quantitative estimate of drug-likeness (QED) is 0.296. The number of amidine groups is 1. The van der Waals surface area contributed by atoms with Gasteiger partial charge in [-0.2, -0.15) is 0 Å². The molecule has 0 radical (unpaired) electrons. The van der Waals surface area contributed by atoms with Crippen LogP contribution in [0.2, 0.25) is 0 Å². The van der Waals surface area contributed by atoms with Gasteiger partial charge < -0.3 is 30.5 Å². The van der Waals surface area contributed by atoms with Crippen molar-refractivity contribution in [2.75, 3.05) is 26.0 Å². The van der Waals surface area contributed by atoms with Gasteiger partial charge in [0.05, 0.1) is 53.7 Å². The number of anilines is 1. The van der Waals surface area contributed by atoms with Gasteiger partial charge in [-0.1, -0.05) is 17.3 Å². The molecule has 12 nitrogen and oxygen atoms in total. The molecule has 0 saturated carbocycles. The van der Waals surface area contributed by atoms with E-state index in [2.05, 4.69) is 35.4 Å². The third kappa shape index (κ3) is 5.32. The van der Waals surface area contributed by atoms with Crippen LogP contribution in [0.25, 0.3) is 11.3 Å². The molecule has 1 aromatic carbocycles. The number of oxime groups is 1. The molecule has 216 valence electrons. The Morgan fingerprint density at radius 1 is 1.17 bits per heavy atom. The molecule has 1 atom stereocenters. The van der Waals surface area contributed by atoms with Crippen molar-refractivity contribution in [3.8, 4) is 17.1 Å². The number of hydrogen-bond donors (Lipinski definition) is 3. The lowest BCUT2D eigenvalue weighted by Crippen LogP contribution is -2.39. The van der Waals surface area contributed by atoms with E-state index in [4.69, 9.17) is 15.3 Å². The number of carbonyl (C=O) groups excluding carboxylic acids is 1. The number of fused-ring (bicyclic) bond motifs is 2. The van der Waals surface area contributed by atoms with Gasteiger partial charge in [0.15, 0.2) is 12.4 Å². The Bertz CT molecular complexity index is 1700. The fourth-order valence-electron chi connectivity index (χ4n) is 5.48. The molecule has 3 aromatic heterocycles. The Hall–Kier alpha value is -5.07. The van der Waals surface area contributed by atoms with Gasteiger partial charge in [0, 0.05) is 31.0 Å². The molecular weight excluding hydrogens is 541 g/mol. The molecule has 13 heteroatoms. The lowest BCUT2D eigenvalue weighted by molar-refractivity contribution is -0.137. The number of nitrogen functional groups attached to an aromatic ring is 1. The van der Waals surface area contributed by atoms with Gasteiger partial charge in [-0.15, -0.1) is 0 Å². The number of aromatic amines is 1. The summed E-state index contributed by atoms with van der Waals surface area (Å²) in [5, 5.41) is 7.73. The predicted molar refractivity (Wildman–Crippen MR) is 152 cm³/mol. The minimum absolute atomic E-state index is 0.134. The second-order valence-corrected chi connectivity index (χ2v) is 10.2. The number of benzene rings is 1. The van der Waals surface area contributed by atoms with Crippen molar-refractivity contribution in [3.05, 3.63) is 81.9 Å². The summed E-state index contributed by atoms with van der Waals surface area (Å²) in [6, 6.07) is 9.46. The summed E-state index contributed by atoms with van der Waals surface area (Å²) in [4.78, 5) is 41.3. The van der Waals surface area contributed by atoms with Crippen molar-refractivity contribution in [1.82, 2.24) is 35.1 Å². The standard InChI is InChI=1S/C29H30FN9O3/c1-15-27-23(37-29(31)32-15)12-22(18-8-7-17(30)11-19(18)20-5-4-6-25(35-20)41-3)36-28(27)38-42-14-26(40)39-10-9-21-24(13-39)34-16(2)33-21/h4-8,11,22H,9-10,12-14H2,1-3H3,(H,33,34)(H,36,38)(H2,31,32,37). The van der Waals surface area contributed by atoms with Crippen LogP contribution in [0.5, 0.6) is 5.88 Å². The number of aromatic nitrogens is 5. The summed E-state index contributed by atoms with van der Waals surface area (Å²) >= 11 is 0. The second kappa shape index (κ2) is 11.1.